The molecule has 0 aromatic heterocycles. The Hall–Kier alpha value is -1.02. The summed E-state index contributed by atoms with van der Waals surface area (Å²) in [6.07, 6.45) is 3.25. The minimum absolute atomic E-state index is 0.0329. The summed E-state index contributed by atoms with van der Waals surface area (Å²) in [6, 6.07) is 8.39. The predicted octanol–water partition coefficient (Wildman–Crippen LogP) is 3.72. The number of hydrogen-bond acceptors (Lipinski definition) is 2. The molecular formula is C14H20O2. The Morgan fingerprint density at radius 1 is 1.38 bits per heavy atom. The first kappa shape index (κ1) is 11.5. The molecule has 2 unspecified atom stereocenters. The molecule has 0 amide bonds. The molecule has 1 aliphatic rings. The highest BCUT2D eigenvalue weighted by atomic mass is 16.7. The van der Waals surface area contributed by atoms with Gasteiger partial charge in [-0.05, 0) is 36.5 Å². The summed E-state index contributed by atoms with van der Waals surface area (Å²) in [6.45, 7) is 5.28. The molecule has 0 bridgehead atoms. The maximum absolute atomic E-state index is 5.72. The van der Waals surface area contributed by atoms with Crippen molar-refractivity contribution in [3.05, 3.63) is 29.8 Å². The zero-order valence-electron chi connectivity index (χ0n) is 10.1. The molecule has 2 nitrogen and oxygen atoms in total. The van der Waals surface area contributed by atoms with E-state index in [0.717, 1.165) is 25.2 Å². The first-order valence-electron chi connectivity index (χ1n) is 6.18. The van der Waals surface area contributed by atoms with Crippen LogP contribution in [0.1, 0.15) is 44.6 Å². The fourth-order valence-electron chi connectivity index (χ4n) is 1.90. The van der Waals surface area contributed by atoms with Crippen LogP contribution in [0.5, 0.6) is 5.75 Å². The maximum Gasteiger partial charge on any atom is 0.199 e. The lowest BCUT2D eigenvalue weighted by Gasteiger charge is -2.14. The quantitative estimate of drug-likeness (QED) is 0.770. The highest BCUT2D eigenvalue weighted by Crippen LogP contribution is 2.23. The second-order valence-corrected chi connectivity index (χ2v) is 4.44. The summed E-state index contributed by atoms with van der Waals surface area (Å²) in [5.74, 6) is 1.54. The Bertz CT molecular complexity index is 312. The van der Waals surface area contributed by atoms with Crippen LogP contribution in [-0.4, -0.2) is 12.9 Å². The monoisotopic (exact) mass is 220 g/mol. The van der Waals surface area contributed by atoms with Gasteiger partial charge in [0, 0.05) is 6.42 Å². The van der Waals surface area contributed by atoms with Gasteiger partial charge in [0.25, 0.3) is 0 Å². The third kappa shape index (κ3) is 2.76. The van der Waals surface area contributed by atoms with Gasteiger partial charge in [0.1, 0.15) is 5.75 Å². The van der Waals surface area contributed by atoms with Crippen molar-refractivity contribution >= 4 is 0 Å². The van der Waals surface area contributed by atoms with Crippen molar-refractivity contribution in [1.82, 2.24) is 0 Å². The molecule has 1 fully saturated rings. The molecule has 0 aliphatic carbocycles. The van der Waals surface area contributed by atoms with E-state index < -0.39 is 0 Å². The topological polar surface area (TPSA) is 18.5 Å². The standard InChI is InChI=1S/C14H20O2/c1-3-11(2)12-6-8-13(9-7-12)16-14-5-4-10-15-14/h6-9,11,14H,3-5,10H2,1-2H3. The van der Waals surface area contributed by atoms with Crippen molar-refractivity contribution in [2.45, 2.75) is 45.3 Å². The highest BCUT2D eigenvalue weighted by molar-refractivity contribution is 5.29. The van der Waals surface area contributed by atoms with Gasteiger partial charge in [-0.2, -0.15) is 0 Å². The van der Waals surface area contributed by atoms with Gasteiger partial charge in [0.2, 0.25) is 0 Å². The summed E-state index contributed by atoms with van der Waals surface area (Å²) < 4.78 is 11.2. The first-order chi connectivity index (χ1) is 7.79. The summed E-state index contributed by atoms with van der Waals surface area (Å²) in [7, 11) is 0. The molecule has 1 saturated heterocycles. The zero-order valence-corrected chi connectivity index (χ0v) is 10.1. The summed E-state index contributed by atoms with van der Waals surface area (Å²) in [5.41, 5.74) is 1.38. The Kier molecular flexibility index (Phi) is 3.83. The van der Waals surface area contributed by atoms with Gasteiger partial charge >= 0.3 is 0 Å². The van der Waals surface area contributed by atoms with E-state index in [0.29, 0.717) is 5.92 Å². The van der Waals surface area contributed by atoms with Crippen LogP contribution < -0.4 is 4.74 Å². The fraction of sp³-hybridized carbons (Fsp3) is 0.571. The lowest BCUT2D eigenvalue weighted by atomic mass is 9.99. The third-order valence-corrected chi connectivity index (χ3v) is 3.22. The van der Waals surface area contributed by atoms with Gasteiger partial charge < -0.3 is 9.47 Å². The minimum Gasteiger partial charge on any atom is -0.465 e. The molecule has 0 spiro atoms. The Morgan fingerprint density at radius 3 is 2.69 bits per heavy atom. The Balaban J connectivity index is 1.96. The number of hydrogen-bond donors (Lipinski definition) is 0. The van der Waals surface area contributed by atoms with Gasteiger partial charge in [-0.1, -0.05) is 26.0 Å². The van der Waals surface area contributed by atoms with E-state index in [9.17, 15) is 0 Å². The maximum atomic E-state index is 5.72. The number of ether oxygens (including phenoxy) is 2. The van der Waals surface area contributed by atoms with Crippen LogP contribution in [0.2, 0.25) is 0 Å². The van der Waals surface area contributed by atoms with Crippen LogP contribution in [-0.2, 0) is 4.74 Å². The summed E-state index contributed by atoms with van der Waals surface area (Å²) >= 11 is 0. The first-order valence-corrected chi connectivity index (χ1v) is 6.18. The SMILES string of the molecule is CCC(C)c1ccc(OC2CCCO2)cc1. The molecule has 1 aromatic carbocycles. The van der Waals surface area contributed by atoms with Crippen molar-refractivity contribution in [1.29, 1.82) is 0 Å². The molecule has 2 rings (SSSR count). The van der Waals surface area contributed by atoms with Gasteiger partial charge in [-0.15, -0.1) is 0 Å². The largest absolute Gasteiger partial charge is 0.465 e. The molecule has 0 saturated carbocycles. The molecule has 1 heterocycles. The molecule has 1 aliphatic heterocycles. The van der Waals surface area contributed by atoms with Crippen LogP contribution in [0.4, 0.5) is 0 Å². The van der Waals surface area contributed by atoms with Crippen molar-refractivity contribution in [2.24, 2.45) is 0 Å². The van der Waals surface area contributed by atoms with Crippen molar-refractivity contribution in [3.8, 4) is 5.75 Å². The molecule has 16 heavy (non-hydrogen) atoms. The van der Waals surface area contributed by atoms with Crippen LogP contribution in [0.25, 0.3) is 0 Å². The van der Waals surface area contributed by atoms with Crippen molar-refractivity contribution in [3.63, 3.8) is 0 Å². The molecule has 0 radical (unpaired) electrons. The van der Waals surface area contributed by atoms with E-state index in [4.69, 9.17) is 9.47 Å². The number of benzene rings is 1. The van der Waals surface area contributed by atoms with E-state index in [1.165, 1.54) is 12.0 Å². The van der Waals surface area contributed by atoms with E-state index in [2.05, 4.69) is 26.0 Å². The summed E-state index contributed by atoms with van der Waals surface area (Å²) in [4.78, 5) is 0. The van der Waals surface area contributed by atoms with Gasteiger partial charge in [-0.25, -0.2) is 0 Å². The highest BCUT2D eigenvalue weighted by Gasteiger charge is 2.16. The molecule has 1 aromatic rings. The molecular weight excluding hydrogens is 200 g/mol. The Morgan fingerprint density at radius 2 is 2.12 bits per heavy atom. The van der Waals surface area contributed by atoms with E-state index in [-0.39, 0.29) is 6.29 Å². The van der Waals surface area contributed by atoms with Crippen LogP contribution in [0.15, 0.2) is 24.3 Å². The minimum atomic E-state index is -0.0329. The van der Waals surface area contributed by atoms with Crippen LogP contribution in [0, 0.1) is 0 Å². The lowest BCUT2D eigenvalue weighted by molar-refractivity contribution is -0.0390. The molecule has 2 atom stereocenters. The average molecular weight is 220 g/mol. The fourth-order valence-corrected chi connectivity index (χ4v) is 1.90. The Labute approximate surface area is 97.6 Å². The van der Waals surface area contributed by atoms with Crippen molar-refractivity contribution in [2.75, 3.05) is 6.61 Å². The second-order valence-electron chi connectivity index (χ2n) is 4.44. The van der Waals surface area contributed by atoms with E-state index in [1.54, 1.807) is 0 Å². The zero-order chi connectivity index (χ0) is 11.4. The summed E-state index contributed by atoms with van der Waals surface area (Å²) in [5, 5.41) is 0. The molecule has 88 valence electrons. The molecule has 0 N–H and O–H groups in total. The van der Waals surface area contributed by atoms with Crippen molar-refractivity contribution < 1.29 is 9.47 Å². The normalized spacial score (nSPS) is 22.0. The van der Waals surface area contributed by atoms with E-state index >= 15 is 0 Å². The third-order valence-electron chi connectivity index (χ3n) is 3.22. The van der Waals surface area contributed by atoms with Gasteiger partial charge in [-0.3, -0.25) is 0 Å². The van der Waals surface area contributed by atoms with Crippen LogP contribution in [0.3, 0.4) is 0 Å². The number of rotatable bonds is 4. The second kappa shape index (κ2) is 5.35. The molecule has 2 heteroatoms. The van der Waals surface area contributed by atoms with Gasteiger partial charge in [0.05, 0.1) is 6.61 Å². The van der Waals surface area contributed by atoms with Crippen LogP contribution >= 0.6 is 0 Å². The lowest BCUT2D eigenvalue weighted by Crippen LogP contribution is -2.13. The average Bonchev–Trinajstić information content (AvgIpc) is 2.82. The van der Waals surface area contributed by atoms with Gasteiger partial charge in [0.15, 0.2) is 6.29 Å². The smallest absolute Gasteiger partial charge is 0.199 e. The predicted molar refractivity (Wildman–Crippen MR) is 64.8 cm³/mol. The van der Waals surface area contributed by atoms with E-state index in [1.807, 2.05) is 12.1 Å².